The Morgan fingerprint density at radius 1 is 1.03 bits per heavy atom. The fourth-order valence-electron chi connectivity index (χ4n) is 3.34. The van der Waals surface area contributed by atoms with Gasteiger partial charge in [-0.05, 0) is 30.7 Å². The zero-order valence-corrected chi connectivity index (χ0v) is 18.8. The lowest BCUT2D eigenvalue weighted by Gasteiger charge is -2.17. The van der Waals surface area contributed by atoms with Crippen molar-refractivity contribution in [3.05, 3.63) is 101 Å². The molecule has 4 rings (SSSR count). The summed E-state index contributed by atoms with van der Waals surface area (Å²) in [7, 11) is -3.61. The lowest BCUT2D eigenvalue weighted by atomic mass is 10.2. The maximum atomic E-state index is 14.2. The Labute approximate surface area is 190 Å². The predicted molar refractivity (Wildman–Crippen MR) is 127 cm³/mol. The number of benzene rings is 3. The Morgan fingerprint density at radius 3 is 2.39 bits per heavy atom. The summed E-state index contributed by atoms with van der Waals surface area (Å²) in [5.74, 6) is 0.307. The number of nitro groups is 1. The summed E-state index contributed by atoms with van der Waals surface area (Å²) in [5.41, 5.74) is 1.42. The topological polar surface area (TPSA) is 108 Å². The second-order valence-electron chi connectivity index (χ2n) is 7.12. The number of non-ortho nitro benzene ring substituents is 1. The standard InChI is InChI=1S/C24H22N3O5P/c1-2-31-33(30,21-14-7-4-8-15-21)24-23(25-17-18-10-5-3-6-11-18)32-22(26-24)19-12-9-13-20(16-19)27(28)29/h3-16,25H,2,17H2,1H3/t33-/m1/s1. The smallest absolute Gasteiger partial charge is 0.284 e. The normalized spacial score (nSPS) is 12.8. The van der Waals surface area contributed by atoms with Crippen LogP contribution in [0.5, 0.6) is 0 Å². The van der Waals surface area contributed by atoms with E-state index in [1.165, 1.54) is 12.1 Å². The van der Waals surface area contributed by atoms with Crippen molar-refractivity contribution in [1.82, 2.24) is 4.98 Å². The molecule has 1 atom stereocenters. The van der Waals surface area contributed by atoms with E-state index < -0.39 is 12.3 Å². The van der Waals surface area contributed by atoms with Crippen LogP contribution in [-0.2, 0) is 15.6 Å². The van der Waals surface area contributed by atoms with E-state index in [1.807, 2.05) is 36.4 Å². The van der Waals surface area contributed by atoms with Crippen molar-refractivity contribution in [2.45, 2.75) is 13.5 Å². The zero-order valence-electron chi connectivity index (χ0n) is 17.9. The van der Waals surface area contributed by atoms with Crippen molar-refractivity contribution in [1.29, 1.82) is 0 Å². The van der Waals surface area contributed by atoms with E-state index in [0.717, 1.165) is 5.56 Å². The average Bonchev–Trinajstić information content (AvgIpc) is 3.29. The van der Waals surface area contributed by atoms with Gasteiger partial charge >= 0.3 is 0 Å². The van der Waals surface area contributed by atoms with Crippen LogP contribution >= 0.6 is 7.37 Å². The van der Waals surface area contributed by atoms with Crippen LogP contribution in [0.2, 0.25) is 0 Å². The number of rotatable bonds is 9. The van der Waals surface area contributed by atoms with Gasteiger partial charge < -0.3 is 14.3 Å². The SMILES string of the molecule is CCO[P@](=O)(c1ccccc1)c1nc(-c2cccc([N+](=O)[O-])c2)oc1NCc1ccccc1. The quantitative estimate of drug-likeness (QED) is 0.208. The molecule has 8 nitrogen and oxygen atoms in total. The third-order valence-corrected chi connectivity index (χ3v) is 7.36. The molecular weight excluding hydrogens is 441 g/mol. The van der Waals surface area contributed by atoms with E-state index in [4.69, 9.17) is 8.94 Å². The van der Waals surface area contributed by atoms with Crippen molar-refractivity contribution >= 4 is 29.7 Å². The minimum atomic E-state index is -3.61. The molecule has 0 saturated carbocycles. The maximum absolute atomic E-state index is 14.2. The number of hydrogen-bond acceptors (Lipinski definition) is 7. The second kappa shape index (κ2) is 9.81. The number of aromatic nitrogens is 1. The van der Waals surface area contributed by atoms with Crippen LogP contribution in [0.4, 0.5) is 11.6 Å². The Balaban J connectivity index is 1.82. The third kappa shape index (κ3) is 4.87. The van der Waals surface area contributed by atoms with Gasteiger partial charge in [-0.25, -0.2) is 4.98 Å². The molecule has 0 aliphatic carbocycles. The molecule has 33 heavy (non-hydrogen) atoms. The summed E-state index contributed by atoms with van der Waals surface area (Å²) in [6, 6.07) is 24.4. The minimum Gasteiger partial charge on any atom is -0.420 e. The summed E-state index contributed by atoms with van der Waals surface area (Å²) < 4.78 is 25.9. The highest BCUT2D eigenvalue weighted by Gasteiger charge is 2.36. The summed E-state index contributed by atoms with van der Waals surface area (Å²) >= 11 is 0. The highest BCUT2D eigenvalue weighted by atomic mass is 31.2. The van der Waals surface area contributed by atoms with Crippen LogP contribution in [0.1, 0.15) is 12.5 Å². The summed E-state index contributed by atoms with van der Waals surface area (Å²) in [6.45, 7) is 2.36. The number of oxazole rings is 1. The number of anilines is 1. The molecule has 168 valence electrons. The molecule has 4 aromatic rings. The molecule has 0 bridgehead atoms. The van der Waals surface area contributed by atoms with Gasteiger partial charge in [0.2, 0.25) is 11.8 Å². The van der Waals surface area contributed by atoms with E-state index in [1.54, 1.807) is 43.3 Å². The van der Waals surface area contributed by atoms with E-state index >= 15 is 0 Å². The third-order valence-electron chi connectivity index (χ3n) is 4.89. The first-order chi connectivity index (χ1) is 16.0. The summed E-state index contributed by atoms with van der Waals surface area (Å²) in [4.78, 5) is 15.3. The monoisotopic (exact) mass is 463 g/mol. The number of nitrogens with zero attached hydrogens (tertiary/aromatic N) is 2. The summed E-state index contributed by atoms with van der Waals surface area (Å²) in [6.07, 6.45) is 0. The first-order valence-electron chi connectivity index (χ1n) is 10.4. The van der Waals surface area contributed by atoms with Crippen LogP contribution in [0.3, 0.4) is 0 Å². The highest BCUT2D eigenvalue weighted by molar-refractivity contribution is 7.74. The number of hydrogen-bond donors (Lipinski definition) is 1. The van der Waals surface area contributed by atoms with Gasteiger partial charge in [0.15, 0.2) is 5.44 Å². The molecule has 9 heteroatoms. The molecule has 1 heterocycles. The average molecular weight is 463 g/mol. The molecule has 1 N–H and O–H groups in total. The molecule has 0 aliphatic heterocycles. The molecular formula is C24H22N3O5P. The van der Waals surface area contributed by atoms with E-state index in [2.05, 4.69) is 10.3 Å². The van der Waals surface area contributed by atoms with Crippen molar-refractivity contribution in [2.24, 2.45) is 0 Å². The zero-order chi connectivity index (χ0) is 23.3. The molecule has 0 fully saturated rings. The van der Waals surface area contributed by atoms with Gasteiger partial charge in [-0.3, -0.25) is 14.7 Å². The molecule has 0 aliphatic rings. The van der Waals surface area contributed by atoms with Crippen LogP contribution in [0, 0.1) is 10.1 Å². The summed E-state index contributed by atoms with van der Waals surface area (Å²) in [5, 5.41) is 14.9. The van der Waals surface area contributed by atoms with Crippen molar-refractivity contribution in [3.63, 3.8) is 0 Å². The predicted octanol–water partition coefficient (Wildman–Crippen LogP) is 5.13. The van der Waals surface area contributed by atoms with E-state index in [9.17, 15) is 14.7 Å². The Bertz CT molecular complexity index is 1290. The molecule has 1 aromatic heterocycles. The first-order valence-corrected chi connectivity index (χ1v) is 12.0. The Morgan fingerprint density at radius 2 is 1.73 bits per heavy atom. The number of nitrogens with one attached hydrogen (secondary N) is 1. The van der Waals surface area contributed by atoms with E-state index in [-0.39, 0.29) is 29.5 Å². The first kappa shape index (κ1) is 22.5. The Kier molecular flexibility index (Phi) is 6.68. The molecule has 0 spiro atoms. The molecule has 0 radical (unpaired) electrons. The van der Waals surface area contributed by atoms with Crippen molar-refractivity contribution < 1.29 is 18.4 Å². The minimum absolute atomic E-state index is 0.0953. The van der Waals surface area contributed by atoms with Crippen LogP contribution < -0.4 is 16.1 Å². The lowest BCUT2D eigenvalue weighted by molar-refractivity contribution is -0.384. The van der Waals surface area contributed by atoms with Gasteiger partial charge in [-0.15, -0.1) is 0 Å². The van der Waals surface area contributed by atoms with Crippen molar-refractivity contribution in [2.75, 3.05) is 11.9 Å². The van der Waals surface area contributed by atoms with Gasteiger partial charge in [-0.1, -0.05) is 54.6 Å². The molecule has 0 unspecified atom stereocenters. The van der Waals surface area contributed by atoms with Crippen LogP contribution in [0.15, 0.2) is 89.3 Å². The van der Waals surface area contributed by atoms with Gasteiger partial charge in [0.1, 0.15) is 0 Å². The number of nitro benzene ring substituents is 1. The van der Waals surface area contributed by atoms with Gasteiger partial charge in [0, 0.05) is 29.5 Å². The van der Waals surface area contributed by atoms with Gasteiger partial charge in [0.25, 0.3) is 13.1 Å². The van der Waals surface area contributed by atoms with Gasteiger partial charge in [-0.2, -0.15) is 0 Å². The fourth-order valence-corrected chi connectivity index (χ4v) is 5.40. The fraction of sp³-hybridized carbons (Fsp3) is 0.125. The molecule has 3 aromatic carbocycles. The van der Waals surface area contributed by atoms with Crippen LogP contribution in [0.25, 0.3) is 11.5 Å². The van der Waals surface area contributed by atoms with Crippen molar-refractivity contribution in [3.8, 4) is 11.5 Å². The lowest BCUT2D eigenvalue weighted by Crippen LogP contribution is -2.22. The largest absolute Gasteiger partial charge is 0.420 e. The maximum Gasteiger partial charge on any atom is 0.284 e. The highest BCUT2D eigenvalue weighted by Crippen LogP contribution is 2.47. The van der Waals surface area contributed by atoms with Crippen LogP contribution in [-0.4, -0.2) is 16.5 Å². The second-order valence-corrected chi connectivity index (χ2v) is 9.42. The molecule has 0 amide bonds. The van der Waals surface area contributed by atoms with Gasteiger partial charge in [0.05, 0.1) is 11.5 Å². The molecule has 0 saturated heterocycles. The van der Waals surface area contributed by atoms with E-state index in [0.29, 0.717) is 17.4 Å². The Hall–Kier alpha value is -3.74.